The third kappa shape index (κ3) is 7.72. The summed E-state index contributed by atoms with van der Waals surface area (Å²) >= 11 is 0. The van der Waals surface area contributed by atoms with Crippen LogP contribution in [0.15, 0.2) is 0 Å². The van der Waals surface area contributed by atoms with Gasteiger partial charge in [0.25, 0.3) is 0 Å². The van der Waals surface area contributed by atoms with Crippen molar-refractivity contribution in [2.75, 3.05) is 12.3 Å². The molecule has 0 aromatic heterocycles. The minimum absolute atomic E-state index is 0.0481. The van der Waals surface area contributed by atoms with Crippen molar-refractivity contribution in [1.29, 1.82) is 0 Å². The molecule has 0 aliphatic rings. The molecule has 2 atom stereocenters. The molecule has 0 fully saturated rings. The molecule has 15 heavy (non-hydrogen) atoms. The number of sulfonamides is 1. The Hall–Kier alpha value is -0.170. The molecule has 0 aromatic carbocycles. The Morgan fingerprint density at radius 3 is 2.20 bits per heavy atom. The van der Waals surface area contributed by atoms with Crippen LogP contribution in [0, 0.1) is 5.41 Å². The van der Waals surface area contributed by atoms with Crippen LogP contribution in [0.3, 0.4) is 0 Å². The highest BCUT2D eigenvalue weighted by atomic mass is 32.2. The summed E-state index contributed by atoms with van der Waals surface area (Å²) in [5.41, 5.74) is 5.22. The Kier molecular flexibility index (Phi) is 5.19. The summed E-state index contributed by atoms with van der Waals surface area (Å²) in [6.45, 7) is 7.14. The molecule has 92 valence electrons. The van der Waals surface area contributed by atoms with Gasteiger partial charge in [0.05, 0.1) is 11.9 Å². The largest absolute Gasteiger partial charge is 0.392 e. The smallest absolute Gasteiger partial charge is 0.212 e. The van der Waals surface area contributed by atoms with Crippen LogP contribution in [0.4, 0.5) is 0 Å². The Morgan fingerprint density at radius 1 is 1.40 bits per heavy atom. The van der Waals surface area contributed by atoms with Gasteiger partial charge in [-0.05, 0) is 12.3 Å². The molecule has 0 aliphatic heterocycles. The molecule has 0 spiro atoms. The molecular formula is C9H22N2O3S. The van der Waals surface area contributed by atoms with Crippen molar-refractivity contribution in [3.63, 3.8) is 0 Å². The maximum atomic E-state index is 11.5. The highest BCUT2D eigenvalue weighted by molar-refractivity contribution is 7.89. The van der Waals surface area contributed by atoms with Crippen molar-refractivity contribution in [2.24, 2.45) is 11.1 Å². The van der Waals surface area contributed by atoms with Crippen molar-refractivity contribution in [1.82, 2.24) is 4.72 Å². The van der Waals surface area contributed by atoms with E-state index in [-0.39, 0.29) is 17.7 Å². The van der Waals surface area contributed by atoms with Crippen molar-refractivity contribution in [2.45, 2.75) is 39.8 Å². The second-order valence-corrected chi connectivity index (χ2v) is 6.88. The summed E-state index contributed by atoms with van der Waals surface area (Å²) in [5, 5.41) is 9.09. The lowest BCUT2D eigenvalue weighted by atomic mass is 10.0. The van der Waals surface area contributed by atoms with E-state index in [9.17, 15) is 8.42 Å². The predicted octanol–water partition coefficient (Wildman–Crippen LogP) is -0.340. The number of hydrogen-bond donors (Lipinski definition) is 3. The molecule has 4 N–H and O–H groups in total. The van der Waals surface area contributed by atoms with Gasteiger partial charge in [-0.1, -0.05) is 20.8 Å². The summed E-state index contributed by atoms with van der Waals surface area (Å²) in [6, 6.07) is -0.570. The zero-order chi connectivity index (χ0) is 12.3. The number of nitrogens with two attached hydrogens (primary N) is 1. The fourth-order valence-electron chi connectivity index (χ4n) is 1.01. The summed E-state index contributed by atoms with van der Waals surface area (Å²) in [5.74, 6) is 0.0481. The van der Waals surface area contributed by atoms with E-state index in [1.54, 1.807) is 0 Å². The Bertz CT molecular complexity index is 280. The molecule has 0 radical (unpaired) electrons. The highest BCUT2D eigenvalue weighted by Crippen LogP contribution is 2.15. The topological polar surface area (TPSA) is 92.4 Å². The van der Waals surface area contributed by atoms with Gasteiger partial charge in [-0.2, -0.15) is 0 Å². The molecule has 0 amide bonds. The summed E-state index contributed by atoms with van der Waals surface area (Å²) in [4.78, 5) is 0. The number of aliphatic hydroxyl groups excluding tert-OH is 1. The van der Waals surface area contributed by atoms with Crippen LogP contribution in [0.25, 0.3) is 0 Å². The maximum absolute atomic E-state index is 11.5. The first-order valence-corrected chi connectivity index (χ1v) is 6.60. The van der Waals surface area contributed by atoms with Gasteiger partial charge in [-0.3, -0.25) is 0 Å². The second kappa shape index (κ2) is 5.25. The van der Waals surface area contributed by atoms with E-state index < -0.39 is 22.2 Å². The molecule has 0 bridgehead atoms. The number of nitrogens with one attached hydrogen (secondary N) is 1. The van der Waals surface area contributed by atoms with Crippen molar-refractivity contribution < 1.29 is 13.5 Å². The van der Waals surface area contributed by atoms with Crippen molar-refractivity contribution in [3.8, 4) is 0 Å². The normalized spacial score (nSPS) is 17.5. The SMILES string of the molecule is CC(O)C(N)CNS(=O)(=O)CC(C)(C)C. The zero-order valence-corrected chi connectivity index (χ0v) is 10.6. The standard InChI is InChI=1S/C9H22N2O3S/c1-7(12)8(10)5-11-15(13,14)6-9(2,3)4/h7-8,11-12H,5-6,10H2,1-4H3. The van der Waals surface area contributed by atoms with Crippen LogP contribution in [0.2, 0.25) is 0 Å². The van der Waals surface area contributed by atoms with E-state index >= 15 is 0 Å². The van der Waals surface area contributed by atoms with Crippen LogP contribution >= 0.6 is 0 Å². The monoisotopic (exact) mass is 238 g/mol. The summed E-state index contributed by atoms with van der Waals surface area (Å²) in [6.07, 6.45) is -0.720. The molecule has 0 rings (SSSR count). The Balaban J connectivity index is 4.18. The fourth-order valence-corrected chi connectivity index (χ4v) is 2.70. The Morgan fingerprint density at radius 2 is 1.87 bits per heavy atom. The first-order valence-electron chi connectivity index (χ1n) is 4.94. The Labute approximate surface area is 92.1 Å². The van der Waals surface area contributed by atoms with E-state index in [0.717, 1.165) is 0 Å². The average Bonchev–Trinajstić information content (AvgIpc) is 1.95. The van der Waals surface area contributed by atoms with E-state index in [1.165, 1.54) is 6.92 Å². The second-order valence-electron chi connectivity index (χ2n) is 5.07. The third-order valence-corrected chi connectivity index (χ3v) is 3.63. The minimum atomic E-state index is -3.31. The highest BCUT2D eigenvalue weighted by Gasteiger charge is 2.22. The third-order valence-electron chi connectivity index (χ3n) is 1.78. The lowest BCUT2D eigenvalue weighted by Crippen LogP contribution is -2.45. The maximum Gasteiger partial charge on any atom is 0.212 e. The number of aliphatic hydroxyl groups is 1. The number of rotatable bonds is 5. The van der Waals surface area contributed by atoms with Gasteiger partial charge in [0.1, 0.15) is 0 Å². The first kappa shape index (κ1) is 14.8. The van der Waals surface area contributed by atoms with Gasteiger partial charge in [-0.15, -0.1) is 0 Å². The lowest BCUT2D eigenvalue weighted by molar-refractivity contribution is 0.164. The van der Waals surface area contributed by atoms with Crippen LogP contribution in [-0.2, 0) is 10.0 Å². The molecule has 2 unspecified atom stereocenters. The van der Waals surface area contributed by atoms with Gasteiger partial charge in [-0.25, -0.2) is 13.1 Å². The van der Waals surface area contributed by atoms with Crippen LogP contribution in [0.5, 0.6) is 0 Å². The minimum Gasteiger partial charge on any atom is -0.392 e. The summed E-state index contributed by atoms with van der Waals surface area (Å²) < 4.78 is 25.4. The molecule has 0 aliphatic carbocycles. The molecule has 5 nitrogen and oxygen atoms in total. The van der Waals surface area contributed by atoms with Crippen molar-refractivity contribution >= 4 is 10.0 Å². The summed E-state index contributed by atoms with van der Waals surface area (Å²) in [7, 11) is -3.31. The molecule has 0 aromatic rings. The van der Waals surface area contributed by atoms with Crippen LogP contribution in [-0.4, -0.2) is 38.0 Å². The van der Waals surface area contributed by atoms with Crippen LogP contribution in [0.1, 0.15) is 27.7 Å². The van der Waals surface area contributed by atoms with Gasteiger partial charge in [0.15, 0.2) is 0 Å². The molecule has 0 saturated heterocycles. The van der Waals surface area contributed by atoms with Gasteiger partial charge in [0, 0.05) is 12.6 Å². The quantitative estimate of drug-likeness (QED) is 0.611. The fraction of sp³-hybridized carbons (Fsp3) is 1.00. The molecule has 6 heteroatoms. The van der Waals surface area contributed by atoms with Crippen molar-refractivity contribution in [3.05, 3.63) is 0 Å². The van der Waals surface area contributed by atoms with E-state index in [0.29, 0.717) is 0 Å². The average molecular weight is 238 g/mol. The predicted molar refractivity (Wildman–Crippen MR) is 60.9 cm³/mol. The van der Waals surface area contributed by atoms with E-state index in [4.69, 9.17) is 10.8 Å². The lowest BCUT2D eigenvalue weighted by Gasteiger charge is -2.20. The van der Waals surface area contributed by atoms with Gasteiger partial charge < -0.3 is 10.8 Å². The van der Waals surface area contributed by atoms with Gasteiger partial charge >= 0.3 is 0 Å². The number of hydrogen-bond acceptors (Lipinski definition) is 4. The molecule has 0 heterocycles. The first-order chi connectivity index (χ1) is 6.53. The zero-order valence-electron chi connectivity index (χ0n) is 9.82. The van der Waals surface area contributed by atoms with Crippen LogP contribution < -0.4 is 10.5 Å². The van der Waals surface area contributed by atoms with Gasteiger partial charge in [0.2, 0.25) is 10.0 Å². The van der Waals surface area contributed by atoms with E-state index in [2.05, 4.69) is 4.72 Å². The molecular weight excluding hydrogens is 216 g/mol. The van der Waals surface area contributed by atoms with E-state index in [1.807, 2.05) is 20.8 Å². The molecule has 0 saturated carbocycles.